The first-order valence-electron chi connectivity index (χ1n) is 43.7. The van der Waals surface area contributed by atoms with E-state index in [1.54, 1.807) is 80.5 Å². The number of carbonyl (C=O) groups is 1. The third kappa shape index (κ3) is 21.0. The lowest BCUT2D eigenvalue weighted by atomic mass is 9.92. The van der Waals surface area contributed by atoms with Gasteiger partial charge >= 0.3 is 6.09 Å². The van der Waals surface area contributed by atoms with E-state index in [2.05, 4.69) is 178 Å². The molecule has 5 unspecified atom stereocenters. The lowest BCUT2D eigenvalue weighted by molar-refractivity contribution is 0.0629. The molecule has 133 heavy (non-hydrogen) atoms. The molecular formula is C102H97Br3Cl4N12O8S4. The SMILES string of the molecule is CCSC(=S)N1CCc2c([nH]c3ccc(Cl)cc23)C1c1ccc(OC)cc1.COCCOC(=O)N1CCc2c([nH]c3ccc(Cl)cc23)C1c1ccc(OCCCn2ccnc2)cc1.COc1ccc(C2c3[nH]c4ccc(Cl)cc4c3CCN2C(=S)SC)cc1.Oc1ccc(Br)cc1C1NCCc2c1[nH]c1ccc(Br)cc21.Oc1ccc(Cl)cc1C1NCCc2c1[nH]c1ccc(Br)cc21. The number of thioether (sulfide) groups is 2. The van der Waals surface area contributed by atoms with Crippen LogP contribution in [0.3, 0.4) is 0 Å². The van der Waals surface area contributed by atoms with Crippen molar-refractivity contribution in [2.24, 2.45) is 0 Å². The summed E-state index contributed by atoms with van der Waals surface area (Å²) in [5, 5.41) is 36.3. The standard InChI is InChI=1S/C27H29ClN4O4.C21H21ClN2OS2.C20H19ClN2OS2.C17H14Br2N2O.C17H14BrClN2O/c1-34-15-16-36-27(33)32-12-9-22-23-17-20(28)5-8-24(23)30-25(22)26(32)19-3-6-21(7-4-19)35-14-2-11-31-13-10-29-18-31;1-3-27-21(26)24-11-10-16-17-12-14(22)6-9-18(17)23-19(16)20(24)13-4-7-15(25-2)8-5-13;1-24-14-6-3-12(4-7-14)19-18-15(9-10-23(19)20(25)26-2)16-11-13(21)5-8-17(16)22-18;2*18-9-1-3-14-12(7-9)11-5-6-20-16(17(11)21-14)13-8-10(19)2-4-15(13)22/h3-8,10,13,17-18,26,30H,2,9,11-12,14-16H2,1H3;4-9,12,20,23H,3,10-11H2,1-2H3;3-8,11,19,22H,9-10H2,1-2H3;2*1-4,7-8,16,20-22H,5-6H2. The molecule has 686 valence electrons. The molecule has 0 radical (unpaired) electrons. The molecule has 0 aliphatic carbocycles. The number of rotatable bonds is 16. The van der Waals surface area contributed by atoms with E-state index in [9.17, 15) is 15.0 Å². The smallest absolute Gasteiger partial charge is 0.410 e. The number of imidazole rings is 1. The molecule has 0 saturated carbocycles. The Balaban J connectivity index is 0.000000117. The summed E-state index contributed by atoms with van der Waals surface area (Å²) in [4.78, 5) is 41.4. The molecule has 16 aromatic rings. The molecule has 11 heterocycles. The number of halogens is 7. The quantitative estimate of drug-likeness (QED) is 0.0323. The van der Waals surface area contributed by atoms with Gasteiger partial charge in [-0.3, -0.25) is 4.90 Å². The Morgan fingerprint density at radius 2 is 0.857 bits per heavy atom. The van der Waals surface area contributed by atoms with Gasteiger partial charge < -0.3 is 83.8 Å². The highest BCUT2D eigenvalue weighted by molar-refractivity contribution is 9.11. The first-order valence-corrected chi connectivity index (χ1v) is 50.7. The molecule has 0 bridgehead atoms. The topological polar surface area (TPSA) is 234 Å². The van der Waals surface area contributed by atoms with Crippen LogP contribution in [-0.2, 0) is 48.1 Å². The van der Waals surface area contributed by atoms with E-state index in [0.29, 0.717) is 42.0 Å². The summed E-state index contributed by atoms with van der Waals surface area (Å²) < 4.78 is 34.1. The zero-order valence-corrected chi connectivity index (χ0v) is 84.4. The van der Waals surface area contributed by atoms with Crippen molar-refractivity contribution in [3.05, 3.63) is 337 Å². The summed E-state index contributed by atoms with van der Waals surface area (Å²) in [6, 6.07) is 65.4. The summed E-state index contributed by atoms with van der Waals surface area (Å²) in [5.41, 5.74) is 22.7. The number of phenols is 2. The van der Waals surface area contributed by atoms with Crippen molar-refractivity contribution in [1.29, 1.82) is 0 Å². The van der Waals surface area contributed by atoms with Crippen LogP contribution in [0.4, 0.5) is 4.79 Å². The maximum absolute atomic E-state index is 13.1. The minimum absolute atomic E-state index is 0.0209. The molecule has 10 aromatic carbocycles. The Morgan fingerprint density at radius 3 is 1.31 bits per heavy atom. The number of benzene rings is 10. The molecule has 9 N–H and O–H groups in total. The maximum atomic E-state index is 13.1. The zero-order valence-electron chi connectivity index (χ0n) is 73.3. The van der Waals surface area contributed by atoms with Gasteiger partial charge in [0.25, 0.3) is 0 Å². The minimum Gasteiger partial charge on any atom is -0.508 e. The number of carbonyl (C=O) groups excluding carboxylic acids is 1. The molecule has 21 rings (SSSR count). The van der Waals surface area contributed by atoms with Gasteiger partial charge in [-0.2, -0.15) is 0 Å². The summed E-state index contributed by atoms with van der Waals surface area (Å²) >= 11 is 50.3. The predicted octanol–water partition coefficient (Wildman–Crippen LogP) is 25.6. The molecule has 1 amide bonds. The van der Waals surface area contributed by atoms with Gasteiger partial charge in [0.2, 0.25) is 0 Å². The number of hydrogen-bond donors (Lipinski definition) is 9. The van der Waals surface area contributed by atoms with Gasteiger partial charge in [0.05, 0.1) is 57.9 Å². The third-order valence-electron chi connectivity index (χ3n) is 24.8. The fourth-order valence-corrected chi connectivity index (χ4v) is 22.2. The molecule has 5 aliphatic heterocycles. The molecule has 0 spiro atoms. The maximum Gasteiger partial charge on any atom is 0.410 e. The Kier molecular flexibility index (Phi) is 30.8. The van der Waals surface area contributed by atoms with Gasteiger partial charge in [-0.25, -0.2) is 9.78 Å². The van der Waals surface area contributed by atoms with Gasteiger partial charge in [0, 0.05) is 186 Å². The van der Waals surface area contributed by atoms with Crippen LogP contribution >= 0.6 is 142 Å². The number of aryl methyl sites for hydroxylation is 1. The van der Waals surface area contributed by atoms with Crippen LogP contribution in [0.5, 0.6) is 28.7 Å². The van der Waals surface area contributed by atoms with Crippen LogP contribution in [-0.4, -0.2) is 160 Å². The number of H-pyrrole nitrogens is 5. The van der Waals surface area contributed by atoms with E-state index in [0.717, 1.165) is 187 Å². The highest BCUT2D eigenvalue weighted by Gasteiger charge is 2.39. The summed E-state index contributed by atoms with van der Waals surface area (Å²) in [6.45, 7) is 8.24. The fourth-order valence-electron chi connectivity index (χ4n) is 18.6. The van der Waals surface area contributed by atoms with E-state index in [-0.39, 0.29) is 48.7 Å². The van der Waals surface area contributed by atoms with Crippen molar-refractivity contribution in [2.45, 2.75) is 82.2 Å². The summed E-state index contributed by atoms with van der Waals surface area (Å²) in [7, 11) is 4.96. The lowest BCUT2D eigenvalue weighted by Gasteiger charge is -2.37. The first kappa shape index (κ1) is 95.1. The largest absolute Gasteiger partial charge is 0.508 e. The van der Waals surface area contributed by atoms with Crippen LogP contribution in [0.2, 0.25) is 20.1 Å². The van der Waals surface area contributed by atoms with Crippen molar-refractivity contribution >= 4 is 211 Å². The lowest BCUT2D eigenvalue weighted by Crippen LogP contribution is -2.41. The van der Waals surface area contributed by atoms with Crippen LogP contribution in [0.1, 0.15) is 128 Å². The second-order valence-corrected chi connectivity index (χ2v) is 40.5. The molecule has 5 atom stereocenters. The number of aromatic nitrogens is 7. The van der Waals surface area contributed by atoms with Gasteiger partial charge in [-0.05, 0) is 259 Å². The average molecular weight is 2130 g/mol. The van der Waals surface area contributed by atoms with Gasteiger partial charge in [-0.1, -0.05) is 174 Å². The number of phenolic OH excluding ortho intramolecular Hbond substituents is 2. The predicted molar refractivity (Wildman–Crippen MR) is 560 cm³/mol. The second-order valence-electron chi connectivity index (χ2n) is 32.6. The number of hydrogen-bond acceptors (Lipinski definition) is 15. The summed E-state index contributed by atoms with van der Waals surface area (Å²) in [6.07, 6.45) is 12.6. The van der Waals surface area contributed by atoms with Crippen LogP contribution in [0.15, 0.2) is 232 Å². The first-order chi connectivity index (χ1) is 64.6. The molecular weight excluding hydrogens is 2030 g/mol. The van der Waals surface area contributed by atoms with Crippen LogP contribution in [0.25, 0.3) is 54.5 Å². The number of thiocarbonyl (C=S) groups is 2. The van der Waals surface area contributed by atoms with Crippen molar-refractivity contribution in [3.8, 4) is 28.7 Å². The third-order valence-corrected chi connectivity index (χ3v) is 29.9. The monoisotopic (exact) mass is 2120 g/mol. The number of aromatic amines is 5. The van der Waals surface area contributed by atoms with Gasteiger partial charge in [0.1, 0.15) is 50.0 Å². The van der Waals surface area contributed by atoms with E-state index in [1.165, 1.54) is 71.9 Å². The average Bonchev–Trinajstić information content (AvgIpc) is 1.65. The van der Waals surface area contributed by atoms with E-state index in [4.69, 9.17) is 94.5 Å². The molecule has 20 nitrogen and oxygen atoms in total. The fraction of sp³-hybridized carbons (Fsp3) is 0.255. The molecule has 5 aliphatic rings. The van der Waals surface area contributed by atoms with Gasteiger partial charge in [-0.15, -0.1) is 11.8 Å². The van der Waals surface area contributed by atoms with Crippen molar-refractivity contribution in [1.82, 2.24) is 59.8 Å². The molecule has 0 fully saturated rings. The number of nitrogens with zero attached hydrogens (tertiary/aromatic N) is 5. The highest BCUT2D eigenvalue weighted by atomic mass is 79.9. The van der Waals surface area contributed by atoms with E-state index >= 15 is 0 Å². The van der Waals surface area contributed by atoms with Crippen LogP contribution in [0, 0.1) is 0 Å². The molecule has 6 aromatic heterocycles. The van der Waals surface area contributed by atoms with Gasteiger partial charge in [0.15, 0.2) is 0 Å². The Morgan fingerprint density at radius 1 is 0.466 bits per heavy atom. The number of fused-ring (bicyclic) bond motifs is 15. The number of amides is 1. The second kappa shape index (κ2) is 43.1. The molecule has 0 saturated heterocycles. The Labute approximate surface area is 835 Å². The minimum atomic E-state index is -0.362. The zero-order chi connectivity index (χ0) is 92.7. The van der Waals surface area contributed by atoms with Crippen molar-refractivity contribution in [3.63, 3.8) is 0 Å². The number of methoxy groups -OCH3 is 3. The van der Waals surface area contributed by atoms with E-state index in [1.807, 2.05) is 126 Å². The Bertz CT molecular complexity index is 6750. The molecule has 31 heteroatoms. The number of ether oxygens (including phenoxy) is 5. The van der Waals surface area contributed by atoms with Crippen molar-refractivity contribution < 1.29 is 38.7 Å². The summed E-state index contributed by atoms with van der Waals surface area (Å²) in [5.74, 6) is 4.04. The van der Waals surface area contributed by atoms with Crippen molar-refractivity contribution in [2.75, 3.05) is 85.9 Å². The normalized spacial score (nSPS) is 16.5. The highest BCUT2D eigenvalue weighted by Crippen LogP contribution is 2.47. The Hall–Kier alpha value is -9.66. The number of nitrogens with one attached hydrogen (secondary N) is 7. The van der Waals surface area contributed by atoms with E-state index < -0.39 is 0 Å². The number of aromatic hydroxyl groups is 2. The van der Waals surface area contributed by atoms with Crippen LogP contribution < -0.4 is 24.8 Å².